The molecular weight excluding hydrogens is 484 g/mol. The van der Waals surface area contributed by atoms with Crippen LogP contribution in [0.3, 0.4) is 0 Å². The zero-order valence-electron chi connectivity index (χ0n) is 21.7. The van der Waals surface area contributed by atoms with E-state index in [1.807, 2.05) is 0 Å². The van der Waals surface area contributed by atoms with Gasteiger partial charge < -0.3 is 19.3 Å². The lowest BCUT2D eigenvalue weighted by atomic mass is 10.1. The van der Waals surface area contributed by atoms with Crippen LogP contribution in [0.2, 0.25) is 0 Å². The lowest BCUT2D eigenvalue weighted by Crippen LogP contribution is -2.10. The third-order valence-corrected chi connectivity index (χ3v) is 5.95. The Morgan fingerprint density at radius 3 is 1.71 bits per heavy atom. The van der Waals surface area contributed by atoms with Gasteiger partial charge in [-0.15, -0.1) is 0 Å². The first-order chi connectivity index (χ1) is 18.5. The summed E-state index contributed by atoms with van der Waals surface area (Å²) in [5.41, 5.74) is 0.621. The van der Waals surface area contributed by atoms with Crippen LogP contribution in [0, 0.1) is 0 Å². The maximum absolute atomic E-state index is 12.5. The van der Waals surface area contributed by atoms with Gasteiger partial charge in [0.25, 0.3) is 0 Å². The van der Waals surface area contributed by atoms with Crippen molar-refractivity contribution in [3.63, 3.8) is 0 Å². The van der Waals surface area contributed by atoms with E-state index in [-0.39, 0.29) is 22.6 Å². The Morgan fingerprint density at radius 1 is 0.605 bits per heavy atom. The number of carboxylic acid groups (broad SMARTS) is 1. The molecule has 0 heterocycles. The van der Waals surface area contributed by atoms with Crippen LogP contribution in [0.5, 0.6) is 17.2 Å². The van der Waals surface area contributed by atoms with Gasteiger partial charge in [-0.3, -0.25) is 0 Å². The lowest BCUT2D eigenvalue weighted by Gasteiger charge is -2.08. The second-order valence-corrected chi connectivity index (χ2v) is 8.98. The Labute approximate surface area is 223 Å². The van der Waals surface area contributed by atoms with Gasteiger partial charge >= 0.3 is 17.9 Å². The quantitative estimate of drug-likeness (QED) is 0.128. The summed E-state index contributed by atoms with van der Waals surface area (Å²) in [6, 6.07) is 18.4. The van der Waals surface area contributed by atoms with Crippen LogP contribution in [0.4, 0.5) is 0 Å². The van der Waals surface area contributed by atoms with Gasteiger partial charge in [-0.25, -0.2) is 14.4 Å². The van der Waals surface area contributed by atoms with Gasteiger partial charge in [-0.1, -0.05) is 57.9 Å². The molecule has 0 amide bonds. The number of esters is 2. The first-order valence-electron chi connectivity index (χ1n) is 13.1. The van der Waals surface area contributed by atoms with E-state index in [0.29, 0.717) is 17.9 Å². The number of carbonyl (C=O) groups excluding carboxylic acids is 2. The SMILES string of the molecule is CCCCCCCCCCOc1ccc(C(=O)Oc2ccc(C(=O)Oc3cccc(C(=O)O)c3)cc2)cc1. The van der Waals surface area contributed by atoms with Crippen molar-refractivity contribution < 1.29 is 33.7 Å². The lowest BCUT2D eigenvalue weighted by molar-refractivity contribution is 0.0686. The highest BCUT2D eigenvalue weighted by molar-refractivity contribution is 5.93. The van der Waals surface area contributed by atoms with Crippen molar-refractivity contribution in [2.75, 3.05) is 6.61 Å². The van der Waals surface area contributed by atoms with Crippen molar-refractivity contribution in [2.45, 2.75) is 58.3 Å². The average molecular weight is 519 g/mol. The molecular formula is C31H34O7. The largest absolute Gasteiger partial charge is 0.494 e. The molecule has 3 aromatic carbocycles. The van der Waals surface area contributed by atoms with Crippen LogP contribution >= 0.6 is 0 Å². The molecule has 7 heteroatoms. The summed E-state index contributed by atoms with van der Waals surface area (Å²) in [6.45, 7) is 2.88. The molecule has 0 aliphatic carbocycles. The second kappa shape index (κ2) is 15.2. The summed E-state index contributed by atoms with van der Waals surface area (Å²) in [5.74, 6) is -1.20. The van der Waals surface area contributed by atoms with Crippen LogP contribution in [0.1, 0.15) is 89.4 Å². The van der Waals surface area contributed by atoms with Gasteiger partial charge in [-0.05, 0) is 73.2 Å². The number of unbranched alkanes of at least 4 members (excludes halogenated alkanes) is 7. The standard InChI is InChI=1S/C31H34O7/c1-2-3-4-5-6-7-8-9-21-36-26-17-13-23(14-18-26)30(34)37-27-19-15-24(16-20-27)31(35)38-28-12-10-11-25(22-28)29(32)33/h10-20,22H,2-9,21H2,1H3,(H,32,33). The molecule has 7 nitrogen and oxygen atoms in total. The zero-order valence-corrected chi connectivity index (χ0v) is 21.7. The maximum atomic E-state index is 12.5. The molecule has 200 valence electrons. The molecule has 0 aliphatic rings. The summed E-state index contributed by atoms with van der Waals surface area (Å²) in [7, 11) is 0. The number of carbonyl (C=O) groups is 3. The molecule has 0 fully saturated rings. The third-order valence-electron chi connectivity index (χ3n) is 5.95. The van der Waals surface area contributed by atoms with E-state index in [1.54, 1.807) is 24.3 Å². The minimum atomic E-state index is -1.12. The fourth-order valence-electron chi connectivity index (χ4n) is 3.80. The maximum Gasteiger partial charge on any atom is 0.343 e. The summed E-state index contributed by atoms with van der Waals surface area (Å²) in [6.07, 6.45) is 9.92. The topological polar surface area (TPSA) is 99.1 Å². The van der Waals surface area contributed by atoms with Gasteiger partial charge in [0.05, 0.1) is 23.3 Å². The highest BCUT2D eigenvalue weighted by Gasteiger charge is 2.13. The second-order valence-electron chi connectivity index (χ2n) is 8.98. The molecule has 0 aliphatic heterocycles. The molecule has 3 rings (SSSR count). The van der Waals surface area contributed by atoms with Crippen molar-refractivity contribution in [3.8, 4) is 17.2 Å². The highest BCUT2D eigenvalue weighted by atomic mass is 16.5. The fourth-order valence-corrected chi connectivity index (χ4v) is 3.80. The molecule has 0 saturated carbocycles. The van der Waals surface area contributed by atoms with Crippen molar-refractivity contribution >= 4 is 17.9 Å². The van der Waals surface area contributed by atoms with E-state index in [0.717, 1.165) is 12.8 Å². The van der Waals surface area contributed by atoms with Crippen LogP contribution < -0.4 is 14.2 Å². The molecule has 0 saturated heterocycles. The molecule has 0 bridgehead atoms. The normalized spacial score (nSPS) is 10.6. The fraction of sp³-hybridized carbons (Fsp3) is 0.323. The number of aromatic carboxylic acids is 1. The van der Waals surface area contributed by atoms with Crippen LogP contribution in [-0.4, -0.2) is 29.6 Å². The van der Waals surface area contributed by atoms with Gasteiger partial charge in [-0.2, -0.15) is 0 Å². The molecule has 3 aromatic rings. The van der Waals surface area contributed by atoms with Gasteiger partial charge in [0.1, 0.15) is 17.2 Å². The molecule has 0 aromatic heterocycles. The predicted octanol–water partition coefficient (Wildman–Crippen LogP) is 7.34. The molecule has 0 spiro atoms. The minimum absolute atomic E-state index is 0.0145. The average Bonchev–Trinajstić information content (AvgIpc) is 2.93. The Balaban J connectivity index is 1.41. The molecule has 0 radical (unpaired) electrons. The molecule has 1 N–H and O–H groups in total. The summed E-state index contributed by atoms with van der Waals surface area (Å²) in [5, 5.41) is 9.06. The van der Waals surface area contributed by atoms with Gasteiger partial charge in [0, 0.05) is 0 Å². The number of benzene rings is 3. The van der Waals surface area contributed by atoms with E-state index in [4.69, 9.17) is 19.3 Å². The number of rotatable bonds is 15. The third kappa shape index (κ3) is 9.39. The first-order valence-corrected chi connectivity index (χ1v) is 13.1. The molecule has 38 heavy (non-hydrogen) atoms. The Hall–Kier alpha value is -4.13. The Bertz CT molecular complexity index is 1180. The minimum Gasteiger partial charge on any atom is -0.494 e. The van der Waals surface area contributed by atoms with Crippen molar-refractivity contribution in [2.24, 2.45) is 0 Å². The van der Waals surface area contributed by atoms with Crippen LogP contribution in [0.25, 0.3) is 0 Å². The summed E-state index contributed by atoms with van der Waals surface area (Å²) < 4.78 is 16.4. The Morgan fingerprint density at radius 2 is 1.13 bits per heavy atom. The van der Waals surface area contributed by atoms with Crippen LogP contribution in [0.15, 0.2) is 72.8 Å². The molecule has 0 atom stereocenters. The summed E-state index contributed by atoms with van der Waals surface area (Å²) in [4.78, 5) is 35.9. The smallest absolute Gasteiger partial charge is 0.343 e. The number of carboxylic acids is 1. The van der Waals surface area contributed by atoms with E-state index < -0.39 is 17.9 Å². The zero-order chi connectivity index (χ0) is 27.2. The monoisotopic (exact) mass is 518 g/mol. The van der Waals surface area contributed by atoms with Crippen LogP contribution in [-0.2, 0) is 0 Å². The number of hydrogen-bond donors (Lipinski definition) is 1. The highest BCUT2D eigenvalue weighted by Crippen LogP contribution is 2.19. The van der Waals surface area contributed by atoms with Crippen molar-refractivity contribution in [1.29, 1.82) is 0 Å². The Kier molecular flexibility index (Phi) is 11.4. The van der Waals surface area contributed by atoms with E-state index in [9.17, 15) is 14.4 Å². The number of hydrogen-bond acceptors (Lipinski definition) is 6. The molecule has 0 unspecified atom stereocenters. The van der Waals surface area contributed by atoms with Crippen molar-refractivity contribution in [1.82, 2.24) is 0 Å². The van der Waals surface area contributed by atoms with E-state index in [1.165, 1.54) is 87.1 Å². The van der Waals surface area contributed by atoms with Crippen molar-refractivity contribution in [3.05, 3.63) is 89.5 Å². The first kappa shape index (κ1) is 28.4. The summed E-state index contributed by atoms with van der Waals surface area (Å²) >= 11 is 0. The van der Waals surface area contributed by atoms with Gasteiger partial charge in [0.2, 0.25) is 0 Å². The predicted molar refractivity (Wildman–Crippen MR) is 144 cm³/mol. The van der Waals surface area contributed by atoms with E-state index >= 15 is 0 Å². The van der Waals surface area contributed by atoms with Gasteiger partial charge in [0.15, 0.2) is 0 Å². The van der Waals surface area contributed by atoms with E-state index in [2.05, 4.69) is 6.92 Å². The number of ether oxygens (including phenoxy) is 3.